The van der Waals surface area contributed by atoms with Crippen molar-refractivity contribution in [1.29, 1.82) is 5.26 Å². The highest BCUT2D eigenvalue weighted by molar-refractivity contribution is 5.63. The Balaban J connectivity index is 2.65. The normalized spacial score (nSPS) is 9.87. The van der Waals surface area contributed by atoms with Gasteiger partial charge < -0.3 is 5.73 Å². The maximum atomic E-state index is 8.83. The molecule has 0 aliphatic heterocycles. The molecule has 5 nitrogen and oxygen atoms in total. The van der Waals surface area contributed by atoms with E-state index in [4.69, 9.17) is 11.0 Å². The van der Waals surface area contributed by atoms with E-state index in [1.807, 2.05) is 13.0 Å². The molecular formula is C10H9N5. The van der Waals surface area contributed by atoms with Crippen LogP contribution in [0.3, 0.4) is 0 Å². The Bertz CT molecular complexity index is 535. The van der Waals surface area contributed by atoms with E-state index in [1.165, 1.54) is 0 Å². The van der Waals surface area contributed by atoms with Gasteiger partial charge in [0.2, 0.25) is 0 Å². The summed E-state index contributed by atoms with van der Waals surface area (Å²) in [5, 5.41) is 8.83. The number of nitriles is 1. The van der Waals surface area contributed by atoms with Gasteiger partial charge in [-0.2, -0.15) is 5.26 Å². The third-order valence-electron chi connectivity index (χ3n) is 2.14. The smallest absolute Gasteiger partial charge is 0.162 e. The molecule has 2 rings (SSSR count). The number of aromatic nitrogens is 3. The second-order valence-corrected chi connectivity index (χ2v) is 3.05. The standard InChI is InChI=1S/C10H9N5/c1-7-13-4-5-15(7)10-9(12)8(6-11)2-3-14-10/h2-5H,12H2,1H3. The van der Waals surface area contributed by atoms with E-state index in [0.29, 0.717) is 17.1 Å². The lowest BCUT2D eigenvalue weighted by Crippen LogP contribution is -2.05. The highest BCUT2D eigenvalue weighted by Gasteiger charge is 2.09. The molecule has 0 bridgehead atoms. The minimum Gasteiger partial charge on any atom is -0.395 e. The van der Waals surface area contributed by atoms with Gasteiger partial charge in [-0.25, -0.2) is 9.97 Å². The molecule has 0 aliphatic carbocycles. The monoisotopic (exact) mass is 199 g/mol. The van der Waals surface area contributed by atoms with Crippen molar-refractivity contribution in [3.05, 3.63) is 36.0 Å². The van der Waals surface area contributed by atoms with Gasteiger partial charge >= 0.3 is 0 Å². The topological polar surface area (TPSA) is 80.5 Å². The maximum absolute atomic E-state index is 8.83. The Kier molecular flexibility index (Phi) is 2.10. The summed E-state index contributed by atoms with van der Waals surface area (Å²) in [7, 11) is 0. The minimum absolute atomic E-state index is 0.376. The third-order valence-corrected chi connectivity index (χ3v) is 2.14. The fourth-order valence-electron chi connectivity index (χ4n) is 1.35. The van der Waals surface area contributed by atoms with Crippen LogP contribution in [-0.4, -0.2) is 14.5 Å². The van der Waals surface area contributed by atoms with Crippen LogP contribution in [0.4, 0.5) is 5.69 Å². The van der Waals surface area contributed by atoms with Gasteiger partial charge in [-0.1, -0.05) is 0 Å². The van der Waals surface area contributed by atoms with Crippen LogP contribution in [0.15, 0.2) is 24.7 Å². The van der Waals surface area contributed by atoms with Gasteiger partial charge in [0.15, 0.2) is 5.82 Å². The Morgan fingerprint density at radius 3 is 2.80 bits per heavy atom. The Morgan fingerprint density at radius 2 is 2.20 bits per heavy atom. The molecule has 0 radical (unpaired) electrons. The van der Waals surface area contributed by atoms with E-state index in [9.17, 15) is 0 Å². The number of hydrogen-bond donors (Lipinski definition) is 1. The lowest BCUT2D eigenvalue weighted by molar-refractivity contribution is 0.935. The van der Waals surface area contributed by atoms with Crippen molar-refractivity contribution in [3.8, 4) is 11.9 Å². The molecule has 0 spiro atoms. The number of nitrogen functional groups attached to an aromatic ring is 1. The molecule has 0 unspecified atom stereocenters. The van der Waals surface area contributed by atoms with Gasteiger partial charge in [-0.05, 0) is 13.0 Å². The van der Waals surface area contributed by atoms with Gasteiger partial charge in [-0.15, -0.1) is 0 Å². The van der Waals surface area contributed by atoms with Crippen molar-refractivity contribution in [2.75, 3.05) is 5.73 Å². The van der Waals surface area contributed by atoms with E-state index in [0.717, 1.165) is 5.82 Å². The predicted molar refractivity (Wildman–Crippen MR) is 55.2 cm³/mol. The van der Waals surface area contributed by atoms with E-state index in [2.05, 4.69) is 9.97 Å². The Morgan fingerprint density at radius 1 is 1.40 bits per heavy atom. The van der Waals surface area contributed by atoms with Gasteiger partial charge in [0.1, 0.15) is 11.9 Å². The molecule has 0 amide bonds. The van der Waals surface area contributed by atoms with E-state index in [-0.39, 0.29) is 0 Å². The molecule has 0 aliphatic rings. The second kappa shape index (κ2) is 3.42. The molecule has 0 saturated carbocycles. The number of rotatable bonds is 1. The van der Waals surface area contributed by atoms with E-state index >= 15 is 0 Å². The first kappa shape index (κ1) is 9.21. The van der Waals surface area contributed by atoms with Crippen molar-refractivity contribution in [2.24, 2.45) is 0 Å². The lowest BCUT2D eigenvalue weighted by atomic mass is 10.2. The van der Waals surface area contributed by atoms with Crippen molar-refractivity contribution in [3.63, 3.8) is 0 Å². The molecule has 2 aromatic rings. The summed E-state index contributed by atoms with van der Waals surface area (Å²) in [6.07, 6.45) is 4.98. The van der Waals surface area contributed by atoms with Gasteiger partial charge in [-0.3, -0.25) is 4.57 Å². The van der Waals surface area contributed by atoms with Crippen LogP contribution >= 0.6 is 0 Å². The highest BCUT2D eigenvalue weighted by Crippen LogP contribution is 2.18. The molecule has 2 N–H and O–H groups in total. The van der Waals surface area contributed by atoms with Crippen LogP contribution in [0.5, 0.6) is 0 Å². The van der Waals surface area contributed by atoms with Crippen LogP contribution in [0.25, 0.3) is 5.82 Å². The van der Waals surface area contributed by atoms with Crippen molar-refractivity contribution in [2.45, 2.75) is 6.92 Å². The highest BCUT2D eigenvalue weighted by atomic mass is 15.1. The number of nitrogens with zero attached hydrogens (tertiary/aromatic N) is 4. The number of imidazole rings is 1. The first-order chi connectivity index (χ1) is 7.24. The largest absolute Gasteiger partial charge is 0.395 e. The van der Waals surface area contributed by atoms with Crippen molar-refractivity contribution >= 4 is 5.69 Å². The number of anilines is 1. The van der Waals surface area contributed by atoms with E-state index in [1.54, 1.807) is 29.2 Å². The number of aryl methyl sites for hydroxylation is 1. The van der Waals surface area contributed by atoms with Crippen LogP contribution < -0.4 is 5.73 Å². The zero-order chi connectivity index (χ0) is 10.8. The van der Waals surface area contributed by atoms with Crippen LogP contribution in [0.1, 0.15) is 11.4 Å². The van der Waals surface area contributed by atoms with Gasteiger partial charge in [0.25, 0.3) is 0 Å². The average Bonchev–Trinajstić information content (AvgIpc) is 2.65. The third kappa shape index (κ3) is 1.42. The fourth-order valence-corrected chi connectivity index (χ4v) is 1.35. The quantitative estimate of drug-likeness (QED) is 0.743. The summed E-state index contributed by atoms with van der Waals surface area (Å²) in [6, 6.07) is 3.61. The molecule has 0 saturated heterocycles. The molecular weight excluding hydrogens is 190 g/mol. The Hall–Kier alpha value is -2.35. The molecule has 15 heavy (non-hydrogen) atoms. The molecule has 0 fully saturated rings. The van der Waals surface area contributed by atoms with Crippen LogP contribution in [-0.2, 0) is 0 Å². The van der Waals surface area contributed by atoms with Crippen molar-refractivity contribution in [1.82, 2.24) is 14.5 Å². The molecule has 0 atom stereocenters. The number of pyridine rings is 1. The molecule has 2 heterocycles. The van der Waals surface area contributed by atoms with E-state index < -0.39 is 0 Å². The lowest BCUT2D eigenvalue weighted by Gasteiger charge is -2.07. The first-order valence-electron chi connectivity index (χ1n) is 4.39. The number of nitrogens with two attached hydrogens (primary N) is 1. The second-order valence-electron chi connectivity index (χ2n) is 3.05. The summed E-state index contributed by atoms with van der Waals surface area (Å²) in [5.74, 6) is 1.33. The first-order valence-corrected chi connectivity index (χ1v) is 4.39. The summed E-state index contributed by atoms with van der Waals surface area (Å²) in [6.45, 7) is 1.85. The maximum Gasteiger partial charge on any atom is 0.162 e. The minimum atomic E-state index is 0.376. The van der Waals surface area contributed by atoms with Crippen molar-refractivity contribution < 1.29 is 0 Å². The fraction of sp³-hybridized carbons (Fsp3) is 0.100. The predicted octanol–water partition coefficient (Wildman–Crippen LogP) is 1.03. The zero-order valence-corrected chi connectivity index (χ0v) is 8.18. The van der Waals surface area contributed by atoms with Crippen LogP contribution in [0.2, 0.25) is 0 Å². The summed E-state index contributed by atoms with van der Waals surface area (Å²) >= 11 is 0. The Labute approximate surface area is 86.8 Å². The zero-order valence-electron chi connectivity index (χ0n) is 8.18. The summed E-state index contributed by atoms with van der Waals surface area (Å²) < 4.78 is 1.75. The molecule has 5 heteroatoms. The molecule has 0 aromatic carbocycles. The molecule has 2 aromatic heterocycles. The summed E-state index contributed by atoms with van der Waals surface area (Å²) in [4.78, 5) is 8.21. The number of hydrogen-bond acceptors (Lipinski definition) is 4. The SMILES string of the molecule is Cc1nccn1-c1nccc(C#N)c1N. The molecule has 74 valence electrons. The van der Waals surface area contributed by atoms with Gasteiger partial charge in [0.05, 0.1) is 11.3 Å². The summed E-state index contributed by atoms with van der Waals surface area (Å²) in [5.41, 5.74) is 6.62. The van der Waals surface area contributed by atoms with Crippen LogP contribution in [0, 0.1) is 18.3 Å². The average molecular weight is 199 g/mol. The van der Waals surface area contributed by atoms with Gasteiger partial charge in [0, 0.05) is 18.6 Å².